The number of aliphatic imine (C=N–C) groups is 1. The van der Waals surface area contributed by atoms with Crippen LogP contribution in [0.2, 0.25) is 0 Å². The van der Waals surface area contributed by atoms with Crippen molar-refractivity contribution in [1.29, 1.82) is 0 Å². The summed E-state index contributed by atoms with van der Waals surface area (Å²) in [6, 6.07) is 8.31. The summed E-state index contributed by atoms with van der Waals surface area (Å²) < 4.78 is 11.5. The monoisotopic (exact) mass is 487 g/mol. The maximum absolute atomic E-state index is 5.82. The van der Waals surface area contributed by atoms with Crippen molar-refractivity contribution in [3.63, 3.8) is 0 Å². The zero-order chi connectivity index (χ0) is 18.2. The second-order valence-corrected chi connectivity index (χ2v) is 7.49. The first kappa shape index (κ1) is 22.3. The van der Waals surface area contributed by atoms with Crippen molar-refractivity contribution in [2.75, 3.05) is 39.5 Å². The number of hydrogen-bond donors (Lipinski definition) is 1. The molecule has 2 aliphatic heterocycles. The number of guanidine groups is 1. The van der Waals surface area contributed by atoms with Crippen molar-refractivity contribution in [3.8, 4) is 5.75 Å². The average Bonchev–Trinajstić information content (AvgIpc) is 3.29. The highest BCUT2D eigenvalue weighted by atomic mass is 127. The first-order valence-corrected chi connectivity index (χ1v) is 10.1. The fraction of sp³-hybridized carbons (Fsp3) is 0.667. The Kier molecular flexibility index (Phi) is 9.15. The molecule has 152 valence electrons. The molecule has 1 N–H and O–H groups in total. The number of benzene rings is 1. The molecule has 0 aliphatic carbocycles. The molecule has 1 aromatic rings. The van der Waals surface area contributed by atoms with Gasteiger partial charge in [-0.25, -0.2) is 4.99 Å². The average molecular weight is 487 g/mol. The Hall–Kier alpha value is -1.02. The lowest BCUT2D eigenvalue weighted by Gasteiger charge is -2.25. The third-order valence-corrected chi connectivity index (χ3v) is 5.33. The molecule has 0 aromatic heterocycles. The molecule has 0 amide bonds. The van der Waals surface area contributed by atoms with E-state index in [1.807, 2.05) is 6.07 Å². The zero-order valence-corrected chi connectivity index (χ0v) is 19.0. The van der Waals surface area contributed by atoms with Gasteiger partial charge in [-0.2, -0.15) is 0 Å². The van der Waals surface area contributed by atoms with Crippen molar-refractivity contribution < 1.29 is 9.47 Å². The Morgan fingerprint density at radius 3 is 2.96 bits per heavy atom. The molecule has 3 rings (SSSR count). The lowest BCUT2D eigenvalue weighted by atomic mass is 9.87. The standard InChI is InChI=1S/C21H33N3O2.HI/c1-3-5-12-26-19-8-6-7-18(14-19)15-23-20(22-4-2)24-11-9-21(16-24)10-13-25-17-21;/h6-8,14H,3-5,9-13,15-17H2,1-2H3,(H,22,23);1H. The SMILES string of the molecule is CCCCOc1cccc(CN=C(NCC)N2CCC3(CCOC3)C2)c1.I. The second kappa shape index (κ2) is 11.1. The molecule has 0 radical (unpaired) electrons. The van der Waals surface area contributed by atoms with Crippen molar-refractivity contribution in [3.05, 3.63) is 29.8 Å². The molecule has 1 spiro atoms. The predicted molar refractivity (Wildman–Crippen MR) is 121 cm³/mol. The summed E-state index contributed by atoms with van der Waals surface area (Å²) in [7, 11) is 0. The minimum Gasteiger partial charge on any atom is -0.494 e. The highest BCUT2D eigenvalue weighted by molar-refractivity contribution is 14.0. The van der Waals surface area contributed by atoms with Gasteiger partial charge < -0.3 is 19.7 Å². The molecule has 0 bridgehead atoms. The van der Waals surface area contributed by atoms with Crippen LogP contribution < -0.4 is 10.1 Å². The van der Waals surface area contributed by atoms with E-state index in [9.17, 15) is 0 Å². The number of nitrogens with one attached hydrogen (secondary N) is 1. The highest BCUT2D eigenvalue weighted by Crippen LogP contribution is 2.38. The van der Waals surface area contributed by atoms with Crippen molar-refractivity contribution in [1.82, 2.24) is 10.2 Å². The summed E-state index contributed by atoms with van der Waals surface area (Å²) in [5.74, 6) is 1.97. The largest absolute Gasteiger partial charge is 0.494 e. The molecule has 2 aliphatic rings. The first-order valence-electron chi connectivity index (χ1n) is 10.1. The predicted octanol–water partition coefficient (Wildman–Crippen LogP) is 4.06. The fourth-order valence-electron chi connectivity index (χ4n) is 3.75. The zero-order valence-electron chi connectivity index (χ0n) is 16.7. The smallest absolute Gasteiger partial charge is 0.194 e. The number of likely N-dealkylation sites (tertiary alicyclic amines) is 1. The van der Waals surface area contributed by atoms with Crippen molar-refractivity contribution in [2.24, 2.45) is 10.4 Å². The van der Waals surface area contributed by atoms with E-state index in [4.69, 9.17) is 14.5 Å². The van der Waals surface area contributed by atoms with E-state index < -0.39 is 0 Å². The lowest BCUT2D eigenvalue weighted by molar-refractivity contribution is 0.156. The Morgan fingerprint density at radius 1 is 1.33 bits per heavy atom. The van der Waals surface area contributed by atoms with Gasteiger partial charge in [-0.15, -0.1) is 24.0 Å². The van der Waals surface area contributed by atoms with Crippen molar-refractivity contribution in [2.45, 2.75) is 46.1 Å². The Bertz CT molecular complexity index is 603. The molecule has 2 saturated heterocycles. The molecule has 2 heterocycles. The van der Waals surface area contributed by atoms with Gasteiger partial charge in [0.2, 0.25) is 0 Å². The minimum absolute atomic E-state index is 0. The van der Waals surface area contributed by atoms with E-state index >= 15 is 0 Å². The Balaban J connectivity index is 0.00000261. The first-order chi connectivity index (χ1) is 12.7. The maximum Gasteiger partial charge on any atom is 0.194 e. The Labute approximate surface area is 180 Å². The van der Waals surface area contributed by atoms with E-state index in [-0.39, 0.29) is 24.0 Å². The Morgan fingerprint density at radius 2 is 2.22 bits per heavy atom. The van der Waals surface area contributed by atoms with E-state index in [0.29, 0.717) is 12.0 Å². The maximum atomic E-state index is 5.82. The molecule has 6 heteroatoms. The quantitative estimate of drug-likeness (QED) is 0.273. The van der Waals surface area contributed by atoms with Crippen LogP contribution in [0, 0.1) is 5.41 Å². The summed E-state index contributed by atoms with van der Waals surface area (Å²) in [6.45, 7) is 10.6. The third kappa shape index (κ3) is 6.24. The summed E-state index contributed by atoms with van der Waals surface area (Å²) in [4.78, 5) is 7.30. The van der Waals surface area contributed by atoms with E-state index in [0.717, 1.165) is 64.0 Å². The molecule has 27 heavy (non-hydrogen) atoms. The molecular formula is C21H34IN3O2. The summed E-state index contributed by atoms with van der Waals surface area (Å²) in [5.41, 5.74) is 1.54. The van der Waals surface area contributed by atoms with Crippen LogP contribution in [0.1, 0.15) is 45.1 Å². The summed E-state index contributed by atoms with van der Waals surface area (Å²) in [5, 5.41) is 3.46. The van der Waals surface area contributed by atoms with Gasteiger partial charge in [-0.3, -0.25) is 0 Å². The van der Waals surface area contributed by atoms with Crippen LogP contribution in [0.3, 0.4) is 0 Å². The number of rotatable bonds is 7. The summed E-state index contributed by atoms with van der Waals surface area (Å²) >= 11 is 0. The van der Waals surface area contributed by atoms with E-state index in [2.05, 4.69) is 42.3 Å². The van der Waals surface area contributed by atoms with Gasteiger partial charge in [0.1, 0.15) is 5.75 Å². The third-order valence-electron chi connectivity index (χ3n) is 5.33. The van der Waals surface area contributed by atoms with Crippen LogP contribution in [0.15, 0.2) is 29.3 Å². The van der Waals surface area contributed by atoms with Gasteiger partial charge >= 0.3 is 0 Å². The molecule has 1 aromatic carbocycles. The van der Waals surface area contributed by atoms with Gasteiger partial charge in [0, 0.05) is 31.7 Å². The highest BCUT2D eigenvalue weighted by Gasteiger charge is 2.42. The molecule has 2 fully saturated rings. The topological polar surface area (TPSA) is 46.1 Å². The van der Waals surface area contributed by atoms with Crippen LogP contribution in [0.25, 0.3) is 0 Å². The van der Waals surface area contributed by atoms with Crippen LogP contribution in [-0.4, -0.2) is 50.3 Å². The van der Waals surface area contributed by atoms with Crippen molar-refractivity contribution >= 4 is 29.9 Å². The van der Waals surface area contributed by atoms with E-state index in [1.165, 1.54) is 18.4 Å². The second-order valence-electron chi connectivity index (χ2n) is 7.49. The van der Waals surface area contributed by atoms with E-state index in [1.54, 1.807) is 0 Å². The lowest BCUT2D eigenvalue weighted by Crippen LogP contribution is -2.41. The molecule has 0 saturated carbocycles. The molecule has 1 atom stereocenters. The normalized spacial score (nSPS) is 22.1. The number of halogens is 1. The van der Waals surface area contributed by atoms with Crippen LogP contribution >= 0.6 is 24.0 Å². The fourth-order valence-corrected chi connectivity index (χ4v) is 3.75. The van der Waals surface area contributed by atoms with Gasteiger partial charge in [0.25, 0.3) is 0 Å². The molecule has 5 nitrogen and oxygen atoms in total. The van der Waals surface area contributed by atoms with Gasteiger partial charge in [-0.05, 0) is 43.9 Å². The number of ether oxygens (including phenoxy) is 2. The van der Waals surface area contributed by atoms with Gasteiger partial charge in [0.05, 0.1) is 19.8 Å². The number of nitrogens with zero attached hydrogens (tertiary/aromatic N) is 2. The van der Waals surface area contributed by atoms with Crippen LogP contribution in [0.4, 0.5) is 0 Å². The van der Waals surface area contributed by atoms with Gasteiger partial charge in [0.15, 0.2) is 5.96 Å². The number of unbranched alkanes of at least 4 members (excludes halogenated alkanes) is 1. The number of hydrogen-bond acceptors (Lipinski definition) is 3. The van der Waals surface area contributed by atoms with Gasteiger partial charge in [-0.1, -0.05) is 25.5 Å². The molecular weight excluding hydrogens is 453 g/mol. The summed E-state index contributed by atoms with van der Waals surface area (Å²) in [6.07, 6.45) is 4.63. The van der Waals surface area contributed by atoms with Crippen LogP contribution in [0.5, 0.6) is 5.75 Å². The van der Waals surface area contributed by atoms with Crippen LogP contribution in [-0.2, 0) is 11.3 Å². The molecule has 1 unspecified atom stereocenters. The minimum atomic E-state index is 0.